The highest BCUT2D eigenvalue weighted by molar-refractivity contribution is 6.35. The van der Waals surface area contributed by atoms with Crippen LogP contribution in [0.1, 0.15) is 24.8 Å². The Bertz CT molecular complexity index is 477. The number of nitrogens with one attached hydrogen (secondary N) is 1. The zero-order chi connectivity index (χ0) is 13.4. The van der Waals surface area contributed by atoms with Gasteiger partial charge in [0.05, 0.1) is 11.1 Å². The molecule has 0 spiro atoms. The maximum atomic E-state index is 9.92. The van der Waals surface area contributed by atoms with Crippen molar-refractivity contribution in [2.75, 3.05) is 6.61 Å². The van der Waals surface area contributed by atoms with Crippen LogP contribution in [0.4, 0.5) is 0 Å². The van der Waals surface area contributed by atoms with E-state index in [0.29, 0.717) is 28.7 Å². The average Bonchev–Trinajstić information content (AvgIpc) is 3.11. The third-order valence-electron chi connectivity index (χ3n) is 3.88. The first-order valence-electron chi connectivity index (χ1n) is 6.67. The molecule has 2 aliphatic rings. The Labute approximate surface area is 122 Å². The molecule has 19 heavy (non-hydrogen) atoms. The summed E-state index contributed by atoms with van der Waals surface area (Å²) in [5.41, 5.74) is 0.735. The Morgan fingerprint density at radius 1 is 1.26 bits per heavy atom. The largest absolute Gasteiger partial charge is 0.506 e. The molecule has 1 aliphatic carbocycles. The number of hydrogen-bond donors (Lipinski definition) is 2. The third-order valence-corrected chi connectivity index (χ3v) is 4.39. The van der Waals surface area contributed by atoms with Crippen molar-refractivity contribution in [1.29, 1.82) is 0 Å². The predicted molar refractivity (Wildman–Crippen MR) is 75.8 cm³/mol. The van der Waals surface area contributed by atoms with E-state index in [9.17, 15) is 5.11 Å². The molecule has 0 amide bonds. The van der Waals surface area contributed by atoms with Crippen LogP contribution in [0.3, 0.4) is 0 Å². The van der Waals surface area contributed by atoms with Crippen LogP contribution in [0.2, 0.25) is 10.0 Å². The number of benzene rings is 1. The van der Waals surface area contributed by atoms with E-state index >= 15 is 0 Å². The van der Waals surface area contributed by atoms with Gasteiger partial charge in [-0.15, -0.1) is 0 Å². The molecule has 2 fully saturated rings. The second-order valence-electron chi connectivity index (χ2n) is 5.34. The van der Waals surface area contributed by atoms with Gasteiger partial charge in [0.15, 0.2) is 0 Å². The van der Waals surface area contributed by atoms with Gasteiger partial charge < -0.3 is 15.2 Å². The Kier molecular flexibility index (Phi) is 3.90. The minimum absolute atomic E-state index is 0.112. The summed E-state index contributed by atoms with van der Waals surface area (Å²) >= 11 is 11.9. The molecule has 1 saturated heterocycles. The Hall–Kier alpha value is -0.480. The highest BCUT2D eigenvalue weighted by Gasteiger charge is 2.40. The number of aromatic hydroxyl groups is 1. The van der Waals surface area contributed by atoms with E-state index < -0.39 is 0 Å². The highest BCUT2D eigenvalue weighted by Crippen LogP contribution is 2.39. The van der Waals surface area contributed by atoms with Gasteiger partial charge in [0.25, 0.3) is 0 Å². The number of phenols is 1. The molecule has 3 nitrogen and oxygen atoms in total. The van der Waals surface area contributed by atoms with Crippen molar-refractivity contribution >= 4 is 23.2 Å². The van der Waals surface area contributed by atoms with Crippen LogP contribution in [-0.2, 0) is 11.3 Å². The minimum atomic E-state index is 0.112. The number of rotatable bonds is 4. The van der Waals surface area contributed by atoms with Crippen molar-refractivity contribution in [1.82, 2.24) is 5.32 Å². The van der Waals surface area contributed by atoms with Crippen molar-refractivity contribution in [2.45, 2.75) is 38.0 Å². The smallest absolute Gasteiger partial charge is 0.138 e. The predicted octanol–water partition coefficient (Wildman–Crippen LogP) is 3.36. The van der Waals surface area contributed by atoms with Gasteiger partial charge in [-0.2, -0.15) is 0 Å². The second kappa shape index (κ2) is 5.49. The maximum Gasteiger partial charge on any atom is 0.138 e. The van der Waals surface area contributed by atoms with Crippen LogP contribution < -0.4 is 5.32 Å². The van der Waals surface area contributed by atoms with E-state index in [-0.39, 0.29) is 5.75 Å². The van der Waals surface area contributed by atoms with Crippen LogP contribution in [0, 0.1) is 5.92 Å². The molecule has 3 rings (SSSR count). The van der Waals surface area contributed by atoms with Gasteiger partial charge in [-0.1, -0.05) is 23.2 Å². The molecular formula is C14H17Cl2NO2. The molecule has 2 N–H and O–H groups in total. The molecule has 1 aromatic rings. The molecule has 104 valence electrons. The molecule has 0 aromatic heterocycles. The van der Waals surface area contributed by atoms with Crippen molar-refractivity contribution < 1.29 is 9.84 Å². The van der Waals surface area contributed by atoms with Crippen LogP contribution in [0.5, 0.6) is 5.75 Å². The summed E-state index contributed by atoms with van der Waals surface area (Å²) in [6, 6.07) is 3.66. The zero-order valence-electron chi connectivity index (χ0n) is 10.5. The lowest BCUT2D eigenvalue weighted by atomic mass is 10.1. The number of phenolic OH excluding ortho intramolecular Hbond substituents is 1. The summed E-state index contributed by atoms with van der Waals surface area (Å²) in [7, 11) is 0. The van der Waals surface area contributed by atoms with Crippen molar-refractivity contribution in [3.63, 3.8) is 0 Å². The normalized spacial score (nSPS) is 26.8. The van der Waals surface area contributed by atoms with Crippen LogP contribution in [0.15, 0.2) is 12.1 Å². The summed E-state index contributed by atoms with van der Waals surface area (Å²) in [6.07, 6.45) is 3.90. The molecule has 1 saturated carbocycles. The lowest BCUT2D eigenvalue weighted by molar-refractivity contribution is 0.0808. The van der Waals surface area contributed by atoms with Crippen molar-refractivity contribution in [3.8, 4) is 5.75 Å². The minimum Gasteiger partial charge on any atom is -0.506 e. The molecule has 1 aromatic carbocycles. The summed E-state index contributed by atoms with van der Waals surface area (Å²) in [6.45, 7) is 1.38. The maximum absolute atomic E-state index is 9.92. The molecule has 0 radical (unpaired) electrons. The number of halogens is 2. The first kappa shape index (κ1) is 13.5. The SMILES string of the molecule is Oc1c(Cl)cc(Cl)cc1CNC1CCOC1C1CC1. The highest BCUT2D eigenvalue weighted by atomic mass is 35.5. The van der Waals surface area contributed by atoms with Gasteiger partial charge >= 0.3 is 0 Å². The van der Waals surface area contributed by atoms with Gasteiger partial charge in [0.1, 0.15) is 5.75 Å². The molecule has 2 unspecified atom stereocenters. The number of hydrogen-bond acceptors (Lipinski definition) is 3. The second-order valence-corrected chi connectivity index (χ2v) is 6.19. The molecule has 0 bridgehead atoms. The monoisotopic (exact) mass is 301 g/mol. The number of ether oxygens (including phenoxy) is 1. The van der Waals surface area contributed by atoms with Crippen LogP contribution >= 0.6 is 23.2 Å². The molecule has 1 aliphatic heterocycles. The molecule has 5 heteroatoms. The van der Waals surface area contributed by atoms with Crippen molar-refractivity contribution in [2.24, 2.45) is 5.92 Å². The Morgan fingerprint density at radius 2 is 2.05 bits per heavy atom. The summed E-state index contributed by atoms with van der Waals surface area (Å²) in [5.74, 6) is 0.831. The Balaban J connectivity index is 1.65. The topological polar surface area (TPSA) is 41.5 Å². The summed E-state index contributed by atoms with van der Waals surface area (Å²) in [4.78, 5) is 0. The Morgan fingerprint density at radius 3 is 2.79 bits per heavy atom. The van der Waals surface area contributed by atoms with Crippen molar-refractivity contribution in [3.05, 3.63) is 27.7 Å². The lowest BCUT2D eigenvalue weighted by Gasteiger charge is -2.20. The van der Waals surface area contributed by atoms with Gasteiger partial charge in [-0.25, -0.2) is 0 Å². The van der Waals surface area contributed by atoms with Gasteiger partial charge in [0.2, 0.25) is 0 Å². The summed E-state index contributed by atoms with van der Waals surface area (Å²) < 4.78 is 5.78. The molecule has 2 atom stereocenters. The van der Waals surface area contributed by atoms with E-state index in [0.717, 1.165) is 24.5 Å². The summed E-state index contributed by atoms with van der Waals surface area (Å²) in [5, 5.41) is 14.2. The van der Waals surface area contributed by atoms with Gasteiger partial charge in [-0.05, 0) is 37.3 Å². The molecule has 1 heterocycles. The van der Waals surface area contributed by atoms with E-state index in [4.69, 9.17) is 27.9 Å². The fourth-order valence-corrected chi connectivity index (χ4v) is 3.25. The fraction of sp³-hybridized carbons (Fsp3) is 0.571. The quantitative estimate of drug-likeness (QED) is 0.896. The van der Waals surface area contributed by atoms with Crippen LogP contribution in [0.25, 0.3) is 0 Å². The first-order valence-corrected chi connectivity index (χ1v) is 7.42. The lowest BCUT2D eigenvalue weighted by Crippen LogP contribution is -2.37. The average molecular weight is 302 g/mol. The van der Waals surface area contributed by atoms with E-state index in [1.54, 1.807) is 12.1 Å². The molecular weight excluding hydrogens is 285 g/mol. The third kappa shape index (κ3) is 3.00. The van der Waals surface area contributed by atoms with E-state index in [1.807, 2.05) is 0 Å². The zero-order valence-corrected chi connectivity index (χ0v) is 12.0. The first-order chi connectivity index (χ1) is 9.15. The standard InChI is InChI=1S/C14H17Cl2NO2/c15-10-5-9(13(18)11(16)6-10)7-17-12-3-4-19-14(12)8-1-2-8/h5-6,8,12,14,17-18H,1-4,7H2. The van der Waals surface area contributed by atoms with Gasteiger partial charge in [0, 0.05) is 29.8 Å². The van der Waals surface area contributed by atoms with Gasteiger partial charge in [-0.3, -0.25) is 0 Å². The van der Waals surface area contributed by atoms with Crippen LogP contribution in [-0.4, -0.2) is 23.9 Å². The fourth-order valence-electron chi connectivity index (χ4n) is 2.71. The van der Waals surface area contributed by atoms with E-state index in [2.05, 4.69) is 5.32 Å². The van der Waals surface area contributed by atoms with E-state index in [1.165, 1.54) is 12.8 Å².